The minimum atomic E-state index is -3.59. The van der Waals surface area contributed by atoms with Crippen LogP contribution in [0.4, 0.5) is 0 Å². The third-order valence-electron chi connectivity index (χ3n) is 3.58. The molecule has 0 aliphatic carbocycles. The number of amides is 1. The van der Waals surface area contributed by atoms with Gasteiger partial charge in [0.05, 0.1) is 16.5 Å². The molecule has 0 bridgehead atoms. The molecular formula is C16H19N3O3S. The van der Waals surface area contributed by atoms with E-state index in [-0.39, 0.29) is 23.9 Å². The maximum absolute atomic E-state index is 12.6. The molecule has 1 heterocycles. The lowest BCUT2D eigenvalue weighted by molar-refractivity contribution is -0.127. The Morgan fingerprint density at radius 3 is 2.17 bits per heavy atom. The highest BCUT2D eigenvalue weighted by molar-refractivity contribution is 7.89. The lowest BCUT2D eigenvalue weighted by atomic mass is 10.2. The van der Waals surface area contributed by atoms with E-state index in [2.05, 4.69) is 0 Å². The van der Waals surface area contributed by atoms with E-state index < -0.39 is 10.0 Å². The molecule has 7 heteroatoms. The first-order chi connectivity index (χ1) is 10.8. The Labute approximate surface area is 136 Å². The summed E-state index contributed by atoms with van der Waals surface area (Å²) in [6.45, 7) is 4.98. The molecule has 2 rings (SSSR count). The molecule has 1 aromatic carbocycles. The summed E-state index contributed by atoms with van der Waals surface area (Å²) < 4.78 is 26.5. The van der Waals surface area contributed by atoms with Crippen molar-refractivity contribution in [1.29, 1.82) is 5.26 Å². The maximum atomic E-state index is 12.6. The van der Waals surface area contributed by atoms with Crippen LogP contribution in [0.15, 0.2) is 40.8 Å². The van der Waals surface area contributed by atoms with Gasteiger partial charge >= 0.3 is 0 Å². The second kappa shape index (κ2) is 6.94. The number of rotatable bonds is 3. The van der Waals surface area contributed by atoms with Gasteiger partial charge in [-0.2, -0.15) is 9.57 Å². The van der Waals surface area contributed by atoms with Gasteiger partial charge in [-0.15, -0.1) is 0 Å². The summed E-state index contributed by atoms with van der Waals surface area (Å²) in [6, 6.07) is 7.81. The fourth-order valence-corrected chi connectivity index (χ4v) is 3.76. The van der Waals surface area contributed by atoms with Crippen molar-refractivity contribution >= 4 is 15.9 Å². The van der Waals surface area contributed by atoms with Crippen LogP contribution in [-0.2, 0) is 14.8 Å². The van der Waals surface area contributed by atoms with E-state index >= 15 is 0 Å². The fraction of sp³-hybridized carbons (Fsp3) is 0.375. The second-order valence-corrected chi connectivity index (χ2v) is 7.53. The smallest absolute Gasteiger partial charge is 0.246 e. The van der Waals surface area contributed by atoms with E-state index in [1.54, 1.807) is 11.0 Å². The molecule has 0 N–H and O–H groups in total. The van der Waals surface area contributed by atoms with Gasteiger partial charge in [0.25, 0.3) is 0 Å². The van der Waals surface area contributed by atoms with Crippen LogP contribution in [0.3, 0.4) is 0 Å². The van der Waals surface area contributed by atoms with Crippen molar-refractivity contribution < 1.29 is 13.2 Å². The minimum Gasteiger partial charge on any atom is -0.337 e. The average molecular weight is 333 g/mol. The summed E-state index contributed by atoms with van der Waals surface area (Å²) in [6.07, 6.45) is 1.56. The lowest BCUT2D eigenvalue weighted by Crippen LogP contribution is -2.50. The highest BCUT2D eigenvalue weighted by Crippen LogP contribution is 2.18. The van der Waals surface area contributed by atoms with Crippen molar-refractivity contribution in [2.24, 2.45) is 0 Å². The first-order valence-corrected chi connectivity index (χ1v) is 8.73. The van der Waals surface area contributed by atoms with Crippen LogP contribution in [0, 0.1) is 11.3 Å². The van der Waals surface area contributed by atoms with Gasteiger partial charge in [-0.3, -0.25) is 4.79 Å². The van der Waals surface area contributed by atoms with E-state index in [1.165, 1.54) is 28.6 Å². The average Bonchev–Trinajstić information content (AvgIpc) is 2.54. The van der Waals surface area contributed by atoms with Crippen LogP contribution in [0.1, 0.15) is 19.4 Å². The van der Waals surface area contributed by atoms with Crippen LogP contribution in [0.5, 0.6) is 0 Å². The first kappa shape index (κ1) is 17.2. The SMILES string of the molecule is CC(C)=CC(=O)N1CCN(S(=O)(=O)c2ccc(C#N)cc2)CC1. The molecule has 1 saturated heterocycles. The standard InChI is InChI=1S/C16H19N3O3S/c1-13(2)11-16(20)18-7-9-19(10-8-18)23(21,22)15-5-3-14(12-17)4-6-15/h3-6,11H,7-10H2,1-2H3. The minimum absolute atomic E-state index is 0.0829. The molecule has 0 saturated carbocycles. The van der Waals surface area contributed by atoms with Gasteiger partial charge in [0.2, 0.25) is 15.9 Å². The number of allylic oxidation sites excluding steroid dienone is 1. The van der Waals surface area contributed by atoms with Gasteiger partial charge in [-0.1, -0.05) is 5.57 Å². The highest BCUT2D eigenvalue weighted by atomic mass is 32.2. The van der Waals surface area contributed by atoms with Crippen molar-refractivity contribution in [3.63, 3.8) is 0 Å². The van der Waals surface area contributed by atoms with E-state index in [1.807, 2.05) is 19.9 Å². The Morgan fingerprint density at radius 1 is 1.13 bits per heavy atom. The molecule has 0 radical (unpaired) electrons. The van der Waals surface area contributed by atoms with E-state index in [0.717, 1.165) is 5.57 Å². The van der Waals surface area contributed by atoms with Crippen molar-refractivity contribution in [2.45, 2.75) is 18.7 Å². The largest absolute Gasteiger partial charge is 0.337 e. The maximum Gasteiger partial charge on any atom is 0.246 e. The highest BCUT2D eigenvalue weighted by Gasteiger charge is 2.29. The molecule has 1 aromatic rings. The van der Waals surface area contributed by atoms with Gasteiger partial charge in [-0.05, 0) is 38.1 Å². The number of sulfonamides is 1. The van der Waals surface area contributed by atoms with Crippen LogP contribution in [0.25, 0.3) is 0 Å². The number of nitriles is 1. The second-order valence-electron chi connectivity index (χ2n) is 5.59. The third-order valence-corrected chi connectivity index (χ3v) is 5.50. The number of benzene rings is 1. The van der Waals surface area contributed by atoms with Gasteiger partial charge < -0.3 is 4.90 Å². The van der Waals surface area contributed by atoms with Crippen molar-refractivity contribution in [2.75, 3.05) is 26.2 Å². The topological polar surface area (TPSA) is 81.5 Å². The predicted octanol–water partition coefficient (Wildman–Crippen LogP) is 1.36. The Kier molecular flexibility index (Phi) is 5.19. The number of nitrogens with zero attached hydrogens (tertiary/aromatic N) is 3. The zero-order chi connectivity index (χ0) is 17.0. The van der Waals surface area contributed by atoms with Gasteiger partial charge in [0, 0.05) is 32.3 Å². The van der Waals surface area contributed by atoms with Crippen molar-refractivity contribution in [3.8, 4) is 6.07 Å². The Hall–Kier alpha value is -2.17. The molecule has 0 atom stereocenters. The Morgan fingerprint density at radius 2 is 1.70 bits per heavy atom. The third kappa shape index (κ3) is 3.97. The Bertz CT molecular complexity index is 749. The first-order valence-electron chi connectivity index (χ1n) is 7.28. The van der Waals surface area contributed by atoms with Crippen LogP contribution >= 0.6 is 0 Å². The summed E-state index contributed by atoms with van der Waals surface area (Å²) in [5.41, 5.74) is 1.34. The summed E-state index contributed by atoms with van der Waals surface area (Å²) in [5.74, 6) is -0.0829. The molecule has 6 nitrogen and oxygen atoms in total. The number of piperazine rings is 1. The number of carbonyl (C=O) groups is 1. The summed E-state index contributed by atoms with van der Waals surface area (Å²) in [7, 11) is -3.59. The van der Waals surface area contributed by atoms with Gasteiger partial charge in [0.1, 0.15) is 0 Å². The van der Waals surface area contributed by atoms with Crippen LogP contribution < -0.4 is 0 Å². The molecule has 0 aromatic heterocycles. The molecule has 0 spiro atoms. The molecule has 1 amide bonds. The van der Waals surface area contributed by atoms with Crippen molar-refractivity contribution in [1.82, 2.24) is 9.21 Å². The van der Waals surface area contributed by atoms with Crippen molar-refractivity contribution in [3.05, 3.63) is 41.5 Å². The Balaban J connectivity index is 2.08. The zero-order valence-electron chi connectivity index (χ0n) is 13.2. The normalized spacial score (nSPS) is 15.8. The molecular weight excluding hydrogens is 314 g/mol. The quantitative estimate of drug-likeness (QED) is 0.782. The number of hydrogen-bond donors (Lipinski definition) is 0. The molecule has 0 unspecified atom stereocenters. The fourth-order valence-electron chi connectivity index (χ4n) is 2.34. The van der Waals surface area contributed by atoms with E-state index in [9.17, 15) is 13.2 Å². The van der Waals surface area contributed by atoms with E-state index in [0.29, 0.717) is 18.7 Å². The number of hydrogen-bond acceptors (Lipinski definition) is 4. The molecule has 23 heavy (non-hydrogen) atoms. The zero-order valence-corrected chi connectivity index (χ0v) is 14.0. The van der Waals surface area contributed by atoms with Gasteiger partial charge in [0.15, 0.2) is 0 Å². The van der Waals surface area contributed by atoms with Crippen LogP contribution in [0.2, 0.25) is 0 Å². The summed E-state index contributed by atoms with van der Waals surface area (Å²) >= 11 is 0. The summed E-state index contributed by atoms with van der Waals surface area (Å²) in [4.78, 5) is 13.8. The monoisotopic (exact) mass is 333 g/mol. The van der Waals surface area contributed by atoms with Crippen LogP contribution in [-0.4, -0.2) is 49.7 Å². The molecule has 1 aliphatic heterocycles. The van der Waals surface area contributed by atoms with Gasteiger partial charge in [-0.25, -0.2) is 8.42 Å². The van der Waals surface area contributed by atoms with E-state index in [4.69, 9.17) is 5.26 Å². The molecule has 1 aliphatic rings. The lowest BCUT2D eigenvalue weighted by Gasteiger charge is -2.33. The summed E-state index contributed by atoms with van der Waals surface area (Å²) in [5, 5.41) is 8.77. The molecule has 122 valence electrons. The number of carbonyl (C=O) groups excluding carboxylic acids is 1. The molecule has 1 fully saturated rings. The predicted molar refractivity (Wildman–Crippen MR) is 85.9 cm³/mol.